The van der Waals surface area contributed by atoms with Crippen molar-refractivity contribution < 1.29 is 10.0 Å². The number of benzene rings is 2. The molecule has 9 heteroatoms. The third kappa shape index (κ3) is 5.41. The number of carbonyl (C=O) groups excluding carboxylic acids is 1. The summed E-state index contributed by atoms with van der Waals surface area (Å²) in [6.07, 6.45) is 5.84. The zero-order chi connectivity index (χ0) is 23.5. The highest BCUT2D eigenvalue weighted by Crippen LogP contribution is 2.30. The molecular formula is C25H28ClN5O2S. The molecule has 0 spiro atoms. The highest BCUT2D eigenvalue weighted by Gasteiger charge is 2.29. The van der Waals surface area contributed by atoms with E-state index in [2.05, 4.69) is 22.0 Å². The van der Waals surface area contributed by atoms with Crippen molar-refractivity contribution in [2.75, 3.05) is 48.6 Å². The number of aromatic nitrogens is 1. The van der Waals surface area contributed by atoms with Crippen LogP contribution in [0.3, 0.4) is 0 Å². The van der Waals surface area contributed by atoms with Gasteiger partial charge in [-0.25, -0.2) is 4.31 Å². The Bertz CT molecular complexity index is 1140. The number of hydrogen-bond acceptors (Lipinski definition) is 7. The van der Waals surface area contributed by atoms with E-state index in [1.807, 2.05) is 58.0 Å². The number of pyridine rings is 1. The second kappa shape index (κ2) is 10.4. The summed E-state index contributed by atoms with van der Waals surface area (Å²) in [5.74, 6) is 0.651. The Morgan fingerprint density at radius 1 is 1.00 bits per heavy atom. The Morgan fingerprint density at radius 2 is 1.74 bits per heavy atom. The van der Waals surface area contributed by atoms with Crippen molar-refractivity contribution in [3.63, 3.8) is 0 Å². The average Bonchev–Trinajstić information content (AvgIpc) is 2.86. The first-order chi connectivity index (χ1) is 16.5. The van der Waals surface area contributed by atoms with E-state index in [1.165, 1.54) is 17.8 Å². The van der Waals surface area contributed by atoms with E-state index in [-0.39, 0.29) is 5.91 Å². The van der Waals surface area contributed by atoms with Crippen molar-refractivity contribution in [1.82, 2.24) is 14.2 Å². The van der Waals surface area contributed by atoms with Gasteiger partial charge >= 0.3 is 0 Å². The predicted molar refractivity (Wildman–Crippen MR) is 138 cm³/mol. The van der Waals surface area contributed by atoms with Crippen LogP contribution in [-0.2, 0) is 4.79 Å². The molecule has 2 aliphatic rings. The second-order valence-electron chi connectivity index (χ2n) is 8.87. The first-order valence-electron chi connectivity index (χ1n) is 11.6. The van der Waals surface area contributed by atoms with Crippen LogP contribution in [0, 0.1) is 5.92 Å². The molecule has 0 saturated carbocycles. The molecule has 34 heavy (non-hydrogen) atoms. The summed E-state index contributed by atoms with van der Waals surface area (Å²) in [7, 11) is 0. The van der Waals surface area contributed by atoms with Crippen molar-refractivity contribution in [2.45, 2.75) is 12.8 Å². The number of nitrogens with zero attached hydrogens (tertiary/aromatic N) is 5. The van der Waals surface area contributed by atoms with Gasteiger partial charge in [-0.1, -0.05) is 23.7 Å². The van der Waals surface area contributed by atoms with Crippen LogP contribution < -0.4 is 9.37 Å². The van der Waals surface area contributed by atoms with E-state index in [0.29, 0.717) is 36.3 Å². The third-order valence-electron chi connectivity index (χ3n) is 6.60. The number of halogens is 1. The molecule has 2 fully saturated rings. The van der Waals surface area contributed by atoms with Gasteiger partial charge in [-0.05, 0) is 65.9 Å². The van der Waals surface area contributed by atoms with E-state index in [1.54, 1.807) is 0 Å². The van der Waals surface area contributed by atoms with Crippen molar-refractivity contribution in [3.8, 4) is 0 Å². The molecule has 5 rings (SSSR count). The smallest absolute Gasteiger partial charge is 0.237 e. The first kappa shape index (κ1) is 23.2. The van der Waals surface area contributed by atoms with E-state index in [9.17, 15) is 10.0 Å². The quantitative estimate of drug-likeness (QED) is 0.391. The normalized spacial score (nSPS) is 18.0. The van der Waals surface area contributed by atoms with Gasteiger partial charge in [0.25, 0.3) is 0 Å². The molecule has 7 nitrogen and oxygen atoms in total. The molecule has 2 aromatic carbocycles. The van der Waals surface area contributed by atoms with Crippen molar-refractivity contribution >= 4 is 51.8 Å². The van der Waals surface area contributed by atoms with Gasteiger partial charge in [0.05, 0.1) is 24.4 Å². The van der Waals surface area contributed by atoms with Crippen molar-refractivity contribution in [1.29, 1.82) is 0 Å². The van der Waals surface area contributed by atoms with Gasteiger partial charge in [-0.3, -0.25) is 15.0 Å². The van der Waals surface area contributed by atoms with Gasteiger partial charge in [0.2, 0.25) is 5.91 Å². The summed E-state index contributed by atoms with van der Waals surface area (Å²) in [6.45, 7) is 4.53. The number of fused-ring (bicyclic) bond motifs is 1. The Balaban J connectivity index is 1.10. The molecule has 2 aliphatic heterocycles. The van der Waals surface area contributed by atoms with Crippen LogP contribution >= 0.6 is 23.7 Å². The molecule has 1 aromatic heterocycles. The van der Waals surface area contributed by atoms with E-state index >= 15 is 0 Å². The molecule has 3 aromatic rings. The highest BCUT2D eigenvalue weighted by molar-refractivity contribution is 7.98. The molecule has 178 valence electrons. The Morgan fingerprint density at radius 3 is 2.50 bits per heavy atom. The third-order valence-corrected chi connectivity index (χ3v) is 7.75. The number of rotatable bonds is 6. The number of anilines is 2. The lowest BCUT2D eigenvalue weighted by Crippen LogP contribution is -2.51. The maximum atomic E-state index is 12.8. The van der Waals surface area contributed by atoms with Crippen LogP contribution in [0.4, 0.5) is 11.4 Å². The van der Waals surface area contributed by atoms with Crippen LogP contribution in [-0.4, -0.2) is 64.6 Å². The van der Waals surface area contributed by atoms with Crippen LogP contribution in [0.5, 0.6) is 0 Å². The number of hydrogen-bond donors (Lipinski definition) is 1. The summed E-state index contributed by atoms with van der Waals surface area (Å²) < 4.78 is 3.04. The number of piperidine rings is 1. The molecule has 0 atom stereocenters. The molecule has 3 heterocycles. The average molecular weight is 498 g/mol. The molecule has 1 N–H and O–H groups in total. The lowest BCUT2D eigenvalue weighted by Gasteiger charge is -2.39. The minimum atomic E-state index is 0.122. The van der Waals surface area contributed by atoms with Crippen molar-refractivity contribution in [2.24, 2.45) is 5.92 Å². The highest BCUT2D eigenvalue weighted by atomic mass is 35.5. The summed E-state index contributed by atoms with van der Waals surface area (Å²) >= 11 is 7.23. The molecule has 0 bridgehead atoms. The van der Waals surface area contributed by atoms with E-state index < -0.39 is 0 Å². The number of carbonyl (C=O) groups is 1. The van der Waals surface area contributed by atoms with E-state index in [4.69, 9.17) is 11.6 Å². The Labute approximate surface area is 209 Å². The van der Waals surface area contributed by atoms with Crippen molar-refractivity contribution in [3.05, 3.63) is 65.9 Å². The van der Waals surface area contributed by atoms with Gasteiger partial charge in [0.15, 0.2) is 0 Å². The summed E-state index contributed by atoms with van der Waals surface area (Å²) in [6, 6.07) is 15.5. The van der Waals surface area contributed by atoms with Crippen LogP contribution in [0.15, 0.2) is 60.9 Å². The van der Waals surface area contributed by atoms with Gasteiger partial charge < -0.3 is 9.80 Å². The number of piperazine rings is 1. The molecule has 0 unspecified atom stereocenters. The maximum absolute atomic E-state index is 12.8. The monoisotopic (exact) mass is 497 g/mol. The Kier molecular flexibility index (Phi) is 7.10. The minimum Gasteiger partial charge on any atom is -0.371 e. The lowest BCUT2D eigenvalue weighted by atomic mass is 9.95. The largest absolute Gasteiger partial charge is 0.371 e. The predicted octanol–water partition coefficient (Wildman–Crippen LogP) is 4.71. The van der Waals surface area contributed by atoms with Crippen LogP contribution in [0.1, 0.15) is 12.8 Å². The van der Waals surface area contributed by atoms with E-state index in [0.717, 1.165) is 47.7 Å². The lowest BCUT2D eigenvalue weighted by molar-refractivity contribution is -0.134. The van der Waals surface area contributed by atoms with Gasteiger partial charge in [-0.15, -0.1) is 0 Å². The molecular weight excluding hydrogens is 470 g/mol. The van der Waals surface area contributed by atoms with Gasteiger partial charge in [0.1, 0.15) is 0 Å². The zero-order valence-electron chi connectivity index (χ0n) is 18.9. The summed E-state index contributed by atoms with van der Waals surface area (Å²) in [4.78, 5) is 21.3. The van der Waals surface area contributed by atoms with Gasteiger partial charge in [0, 0.05) is 55.8 Å². The second-order valence-corrected chi connectivity index (χ2v) is 10.3. The number of amides is 1. The summed E-state index contributed by atoms with van der Waals surface area (Å²) in [5, 5.41) is 13.3. The standard InChI is InChI=1S/C25H28ClN5O2S/c26-22-3-1-21-16-24(4-2-20(21)15-22)31(33)34-30-14-13-29(25(32)18-30)17-19-7-11-28(12-8-19)23-5-9-27-10-6-23/h1-6,9-10,15-16,19,33H,7-8,11-14,17-18H2. The minimum absolute atomic E-state index is 0.122. The molecule has 1 amide bonds. The summed E-state index contributed by atoms with van der Waals surface area (Å²) in [5.41, 5.74) is 1.88. The maximum Gasteiger partial charge on any atom is 0.237 e. The van der Waals surface area contributed by atoms with Crippen LogP contribution in [0.2, 0.25) is 5.02 Å². The fourth-order valence-corrected chi connectivity index (χ4v) is 5.61. The topological polar surface area (TPSA) is 63.2 Å². The molecule has 0 aliphatic carbocycles. The van der Waals surface area contributed by atoms with Crippen LogP contribution in [0.25, 0.3) is 10.8 Å². The Hall–Kier alpha value is -2.52. The van der Waals surface area contributed by atoms with Gasteiger partial charge in [-0.2, -0.15) is 4.47 Å². The fourth-order valence-electron chi connectivity index (χ4n) is 4.67. The molecule has 2 saturated heterocycles. The zero-order valence-corrected chi connectivity index (χ0v) is 20.5. The fraction of sp³-hybridized carbons (Fsp3) is 0.360. The SMILES string of the molecule is O=C1CN(SN(O)c2ccc3cc(Cl)ccc3c2)CCN1CC1CCN(c2ccncc2)CC1. The first-order valence-corrected chi connectivity index (χ1v) is 12.7. The molecule has 0 radical (unpaired) electrons.